The molecule has 0 radical (unpaired) electrons. The molecule has 0 unspecified atom stereocenters. The van der Waals surface area contributed by atoms with Gasteiger partial charge in [-0.05, 0) is 39.5 Å². The van der Waals surface area contributed by atoms with Crippen LogP contribution < -0.4 is 0 Å². The van der Waals surface area contributed by atoms with E-state index in [2.05, 4.69) is 26.0 Å². The Morgan fingerprint density at radius 1 is 0.909 bits per heavy atom. The smallest absolute Gasteiger partial charge is 0.0853 e. The van der Waals surface area contributed by atoms with Crippen molar-refractivity contribution in [1.29, 1.82) is 0 Å². The summed E-state index contributed by atoms with van der Waals surface area (Å²) in [6.45, 7) is 4.47. The van der Waals surface area contributed by atoms with Crippen LogP contribution in [0.15, 0.2) is 23.3 Å². The summed E-state index contributed by atoms with van der Waals surface area (Å²) in [5.74, 6) is 0. The predicted molar refractivity (Wildman–Crippen MR) is 46.0 cm³/mol. The standard InChI is InChI=1S/C10H16.Cu/c1-9-5-3-4-6-10(2)8-7-9;/h5-6H,3-4,7-8H2,1-2H3;/q;+1. The third kappa shape index (κ3) is 4.44. The Morgan fingerprint density at radius 3 is 1.64 bits per heavy atom. The normalized spacial score (nSPS) is 18.7. The fourth-order valence-corrected chi connectivity index (χ4v) is 1.26. The van der Waals surface area contributed by atoms with E-state index in [9.17, 15) is 0 Å². The molecule has 1 rings (SSSR count). The first-order valence-electron chi connectivity index (χ1n) is 4.10. The van der Waals surface area contributed by atoms with Crippen LogP contribution in [0.2, 0.25) is 0 Å². The van der Waals surface area contributed by atoms with E-state index in [1.165, 1.54) is 25.7 Å². The fourth-order valence-electron chi connectivity index (χ4n) is 1.26. The van der Waals surface area contributed by atoms with E-state index < -0.39 is 0 Å². The van der Waals surface area contributed by atoms with E-state index in [0.717, 1.165) is 0 Å². The summed E-state index contributed by atoms with van der Waals surface area (Å²) in [7, 11) is 0. The van der Waals surface area contributed by atoms with Crippen LogP contribution in [0.5, 0.6) is 0 Å². The molecule has 66 valence electrons. The molecule has 0 saturated heterocycles. The van der Waals surface area contributed by atoms with Crippen LogP contribution in [0.25, 0.3) is 0 Å². The fraction of sp³-hybridized carbons (Fsp3) is 0.600. The maximum atomic E-state index is 2.36. The summed E-state index contributed by atoms with van der Waals surface area (Å²) in [6, 6.07) is 0. The van der Waals surface area contributed by atoms with Crippen LogP contribution in [0.1, 0.15) is 39.5 Å². The van der Waals surface area contributed by atoms with Gasteiger partial charge in [-0.15, -0.1) is 0 Å². The first-order valence-corrected chi connectivity index (χ1v) is 4.10. The number of allylic oxidation sites excluding steroid dienone is 4. The molecule has 0 amide bonds. The second-order valence-electron chi connectivity index (χ2n) is 3.18. The molecule has 0 aromatic heterocycles. The van der Waals surface area contributed by atoms with Gasteiger partial charge >= 0.3 is 17.1 Å². The predicted octanol–water partition coefficient (Wildman–Crippen LogP) is 3.45. The Balaban J connectivity index is 0.000001000. The van der Waals surface area contributed by atoms with E-state index in [0.29, 0.717) is 0 Å². The Bertz CT molecular complexity index is 146. The zero-order chi connectivity index (χ0) is 7.40. The molecule has 1 heteroatoms. The Kier molecular flexibility index (Phi) is 5.62. The van der Waals surface area contributed by atoms with Crippen molar-refractivity contribution in [2.75, 3.05) is 0 Å². The van der Waals surface area contributed by atoms with Crippen molar-refractivity contribution < 1.29 is 17.1 Å². The van der Waals surface area contributed by atoms with Crippen molar-refractivity contribution in [3.8, 4) is 0 Å². The molecule has 0 fully saturated rings. The molecule has 1 aliphatic rings. The molecule has 0 aromatic rings. The summed E-state index contributed by atoms with van der Waals surface area (Å²) < 4.78 is 0. The monoisotopic (exact) mass is 199 g/mol. The maximum Gasteiger partial charge on any atom is 1.00 e. The van der Waals surface area contributed by atoms with Crippen molar-refractivity contribution in [2.24, 2.45) is 0 Å². The molecule has 0 spiro atoms. The molecule has 0 nitrogen and oxygen atoms in total. The van der Waals surface area contributed by atoms with Crippen LogP contribution in [0, 0.1) is 0 Å². The molecule has 0 N–H and O–H groups in total. The molecule has 1 aliphatic carbocycles. The van der Waals surface area contributed by atoms with E-state index in [1.54, 1.807) is 11.1 Å². The molecule has 0 aliphatic heterocycles. The van der Waals surface area contributed by atoms with Gasteiger partial charge in [-0.1, -0.05) is 23.3 Å². The summed E-state index contributed by atoms with van der Waals surface area (Å²) >= 11 is 0. The Morgan fingerprint density at radius 2 is 1.27 bits per heavy atom. The quantitative estimate of drug-likeness (QED) is 0.414. The molecule has 11 heavy (non-hydrogen) atoms. The first kappa shape index (κ1) is 11.0. The summed E-state index contributed by atoms with van der Waals surface area (Å²) in [6.07, 6.45) is 9.74. The zero-order valence-electron chi connectivity index (χ0n) is 7.28. The largest absolute Gasteiger partial charge is 1.00 e. The van der Waals surface area contributed by atoms with Crippen LogP contribution >= 0.6 is 0 Å². The maximum absolute atomic E-state index is 2.36. The summed E-state index contributed by atoms with van der Waals surface area (Å²) in [5, 5.41) is 0. The molecule has 0 aromatic carbocycles. The van der Waals surface area contributed by atoms with Gasteiger partial charge < -0.3 is 0 Å². The zero-order valence-corrected chi connectivity index (χ0v) is 8.23. The average Bonchev–Trinajstić information content (AvgIpc) is 1.90. The molecule has 0 saturated carbocycles. The minimum Gasteiger partial charge on any atom is -0.0853 e. The second kappa shape index (κ2) is 5.62. The van der Waals surface area contributed by atoms with E-state index in [1.807, 2.05) is 0 Å². The average molecular weight is 200 g/mol. The first-order chi connectivity index (χ1) is 4.79. The van der Waals surface area contributed by atoms with Gasteiger partial charge in [0.25, 0.3) is 0 Å². The van der Waals surface area contributed by atoms with Gasteiger partial charge in [0, 0.05) is 0 Å². The second-order valence-corrected chi connectivity index (χ2v) is 3.18. The number of hydrogen-bond donors (Lipinski definition) is 0. The van der Waals surface area contributed by atoms with Gasteiger partial charge in [-0.25, -0.2) is 0 Å². The number of hydrogen-bond acceptors (Lipinski definition) is 0. The van der Waals surface area contributed by atoms with Gasteiger partial charge in [0.15, 0.2) is 0 Å². The SMILES string of the molecule is CC1=CCCC=C(C)CC1.[Cu+]. The van der Waals surface area contributed by atoms with E-state index >= 15 is 0 Å². The van der Waals surface area contributed by atoms with Gasteiger partial charge in [0.2, 0.25) is 0 Å². The number of rotatable bonds is 0. The van der Waals surface area contributed by atoms with Crippen molar-refractivity contribution >= 4 is 0 Å². The van der Waals surface area contributed by atoms with Crippen molar-refractivity contribution in [2.45, 2.75) is 39.5 Å². The molecular formula is C10H16Cu+. The molecule has 0 bridgehead atoms. The molecule has 0 atom stereocenters. The van der Waals surface area contributed by atoms with Gasteiger partial charge in [0.05, 0.1) is 0 Å². The minimum absolute atomic E-state index is 0. The van der Waals surface area contributed by atoms with Crippen molar-refractivity contribution in [1.82, 2.24) is 0 Å². The van der Waals surface area contributed by atoms with E-state index in [-0.39, 0.29) is 17.1 Å². The van der Waals surface area contributed by atoms with Gasteiger partial charge in [-0.3, -0.25) is 0 Å². The topological polar surface area (TPSA) is 0 Å². The van der Waals surface area contributed by atoms with Gasteiger partial charge in [-0.2, -0.15) is 0 Å². The Hall–Kier alpha value is -0.000519. The Labute approximate surface area is 80.2 Å². The van der Waals surface area contributed by atoms with Crippen molar-refractivity contribution in [3.05, 3.63) is 23.3 Å². The summed E-state index contributed by atoms with van der Waals surface area (Å²) in [4.78, 5) is 0. The van der Waals surface area contributed by atoms with Gasteiger partial charge in [0.1, 0.15) is 0 Å². The van der Waals surface area contributed by atoms with Crippen LogP contribution in [0.4, 0.5) is 0 Å². The van der Waals surface area contributed by atoms with Crippen LogP contribution in [-0.2, 0) is 17.1 Å². The van der Waals surface area contributed by atoms with Crippen LogP contribution in [0.3, 0.4) is 0 Å². The third-order valence-electron chi connectivity index (χ3n) is 2.07. The van der Waals surface area contributed by atoms with Crippen molar-refractivity contribution in [3.63, 3.8) is 0 Å². The molecule has 0 heterocycles. The third-order valence-corrected chi connectivity index (χ3v) is 2.07. The summed E-state index contributed by atoms with van der Waals surface area (Å²) in [5.41, 5.74) is 3.12. The van der Waals surface area contributed by atoms with E-state index in [4.69, 9.17) is 0 Å². The van der Waals surface area contributed by atoms with Crippen LogP contribution in [-0.4, -0.2) is 0 Å². The molecular weight excluding hydrogens is 184 g/mol. The minimum atomic E-state index is 0.